The Balaban J connectivity index is 1.34. The Morgan fingerprint density at radius 1 is 0.590 bits per heavy atom. The van der Waals surface area contributed by atoms with Gasteiger partial charge in [0.05, 0.1) is 4.90 Å². The molecule has 0 spiro atoms. The van der Waals surface area contributed by atoms with Crippen molar-refractivity contribution in [3.8, 4) is 5.75 Å². The standard InChI is InChI=1S/C51H40BrN5O3S/c1-61(58,59)46-34-44(52)33-32-37(46)36-60-45-35-47(54-50(38-20-8-2-9-21-38,39-22-10-3-11-23-39)40-24-12-4-13-25-40)53-49-48(45)55-56-57(49)51(41-26-14-5-15-27-41,42-28-16-6-17-29-42)43-30-18-7-19-31-43/h2-35H,36H2,1H3,(H,53,54). The summed E-state index contributed by atoms with van der Waals surface area (Å²) in [5.41, 5.74) is 5.16. The predicted molar refractivity (Wildman–Crippen MR) is 244 cm³/mol. The molecule has 0 saturated heterocycles. The van der Waals surface area contributed by atoms with E-state index in [1.807, 2.05) is 120 Å². The van der Waals surface area contributed by atoms with Crippen LogP contribution in [-0.2, 0) is 27.5 Å². The van der Waals surface area contributed by atoms with Gasteiger partial charge < -0.3 is 10.1 Å². The zero-order valence-corrected chi connectivity index (χ0v) is 35.5. The molecule has 1 N–H and O–H groups in total. The molecule has 0 atom stereocenters. The smallest absolute Gasteiger partial charge is 0.185 e. The number of hydrogen-bond acceptors (Lipinski definition) is 7. The number of aromatic nitrogens is 4. The van der Waals surface area contributed by atoms with Crippen LogP contribution in [0.1, 0.15) is 38.9 Å². The minimum Gasteiger partial charge on any atom is -0.486 e. The molecule has 0 radical (unpaired) electrons. The van der Waals surface area contributed by atoms with Gasteiger partial charge >= 0.3 is 0 Å². The second-order valence-corrected chi connectivity index (χ2v) is 17.7. The molecule has 61 heavy (non-hydrogen) atoms. The van der Waals surface area contributed by atoms with Crippen molar-refractivity contribution in [3.05, 3.63) is 250 Å². The summed E-state index contributed by atoms with van der Waals surface area (Å²) in [6, 6.07) is 68.6. The fraction of sp³-hybridized carbons (Fsp3) is 0.0784. The highest BCUT2D eigenvalue weighted by molar-refractivity contribution is 9.10. The van der Waals surface area contributed by atoms with Crippen molar-refractivity contribution in [1.82, 2.24) is 20.0 Å². The van der Waals surface area contributed by atoms with Crippen molar-refractivity contribution in [3.63, 3.8) is 0 Å². The normalized spacial score (nSPS) is 12.0. The molecule has 0 aliphatic rings. The molecule has 300 valence electrons. The summed E-state index contributed by atoms with van der Waals surface area (Å²) in [5, 5.41) is 13.8. The Morgan fingerprint density at radius 2 is 1.02 bits per heavy atom. The SMILES string of the molecule is CS(=O)(=O)c1cc(Br)ccc1COc1cc(NC(c2ccccc2)(c2ccccc2)c2ccccc2)nc2c1nnn2C(c1ccccc1)(c1ccccc1)c1ccccc1. The van der Waals surface area contributed by atoms with Gasteiger partial charge in [-0.2, -0.15) is 0 Å². The molecular formula is C51H40BrN5O3S. The van der Waals surface area contributed by atoms with E-state index in [4.69, 9.17) is 20.0 Å². The summed E-state index contributed by atoms with van der Waals surface area (Å²) in [4.78, 5) is 5.64. The zero-order valence-electron chi connectivity index (χ0n) is 33.1. The Hall–Kier alpha value is -6.88. The van der Waals surface area contributed by atoms with Crippen LogP contribution in [-0.4, -0.2) is 34.7 Å². The molecule has 0 fully saturated rings. The van der Waals surface area contributed by atoms with Crippen molar-refractivity contribution in [2.75, 3.05) is 11.6 Å². The third-order valence-corrected chi connectivity index (χ3v) is 12.7. The first kappa shape index (κ1) is 39.6. The molecule has 7 aromatic carbocycles. The Kier molecular flexibility index (Phi) is 10.8. The van der Waals surface area contributed by atoms with E-state index in [2.05, 4.69) is 94.0 Å². The quantitative estimate of drug-likeness (QED) is 0.115. The van der Waals surface area contributed by atoms with Crippen LogP contribution in [0.15, 0.2) is 216 Å². The van der Waals surface area contributed by atoms with Gasteiger partial charge in [0.15, 0.2) is 26.8 Å². The maximum Gasteiger partial charge on any atom is 0.185 e. The first-order chi connectivity index (χ1) is 29.8. The minimum absolute atomic E-state index is 0.0660. The Bertz CT molecular complexity index is 2840. The lowest BCUT2D eigenvalue weighted by molar-refractivity contribution is 0.306. The number of nitrogens with zero attached hydrogens (tertiary/aromatic N) is 4. The van der Waals surface area contributed by atoms with Crippen LogP contribution in [0.3, 0.4) is 0 Å². The number of fused-ring (bicyclic) bond motifs is 1. The Labute approximate surface area is 363 Å². The van der Waals surface area contributed by atoms with E-state index in [9.17, 15) is 8.42 Å². The molecule has 9 rings (SSSR count). The molecule has 2 aromatic heterocycles. The molecule has 0 bridgehead atoms. The van der Waals surface area contributed by atoms with E-state index < -0.39 is 20.9 Å². The van der Waals surface area contributed by atoms with Gasteiger partial charge in [-0.3, -0.25) is 0 Å². The van der Waals surface area contributed by atoms with Crippen LogP contribution in [0, 0.1) is 0 Å². The van der Waals surface area contributed by atoms with Gasteiger partial charge in [-0.05, 0) is 45.5 Å². The zero-order chi connectivity index (χ0) is 41.9. The first-order valence-corrected chi connectivity index (χ1v) is 22.5. The van der Waals surface area contributed by atoms with Crippen molar-refractivity contribution < 1.29 is 13.2 Å². The third kappa shape index (κ3) is 7.38. The highest BCUT2D eigenvalue weighted by Gasteiger charge is 2.42. The second kappa shape index (κ2) is 16.6. The summed E-state index contributed by atoms with van der Waals surface area (Å²) in [6.45, 7) is -0.0660. The van der Waals surface area contributed by atoms with Gasteiger partial charge in [0, 0.05) is 22.4 Å². The second-order valence-electron chi connectivity index (χ2n) is 14.8. The van der Waals surface area contributed by atoms with Gasteiger partial charge in [0.2, 0.25) is 0 Å². The molecule has 0 aliphatic heterocycles. The maximum absolute atomic E-state index is 13.0. The van der Waals surface area contributed by atoms with E-state index in [0.29, 0.717) is 32.8 Å². The van der Waals surface area contributed by atoms with Crippen LogP contribution >= 0.6 is 15.9 Å². The lowest BCUT2D eigenvalue weighted by Gasteiger charge is -2.38. The monoisotopic (exact) mass is 881 g/mol. The van der Waals surface area contributed by atoms with Crippen LogP contribution < -0.4 is 10.1 Å². The molecule has 0 unspecified atom stereocenters. The van der Waals surface area contributed by atoms with Gasteiger partial charge in [-0.25, -0.2) is 18.1 Å². The van der Waals surface area contributed by atoms with Crippen LogP contribution in [0.4, 0.5) is 5.82 Å². The molecule has 10 heteroatoms. The van der Waals surface area contributed by atoms with Crippen LogP contribution in [0.2, 0.25) is 0 Å². The molecule has 9 aromatic rings. The summed E-state index contributed by atoms with van der Waals surface area (Å²) < 4.78 is 35.3. The number of nitrogens with one attached hydrogen (secondary N) is 1. The van der Waals surface area contributed by atoms with Gasteiger partial charge in [0.1, 0.15) is 23.5 Å². The number of benzene rings is 7. The summed E-state index contributed by atoms with van der Waals surface area (Å²) >= 11 is 3.45. The largest absolute Gasteiger partial charge is 0.486 e. The van der Waals surface area contributed by atoms with E-state index in [-0.39, 0.29) is 11.5 Å². The summed E-state index contributed by atoms with van der Waals surface area (Å²) in [7, 11) is -3.60. The summed E-state index contributed by atoms with van der Waals surface area (Å²) in [5.74, 6) is 0.845. The molecular weight excluding hydrogens is 843 g/mol. The molecule has 0 amide bonds. The number of hydrogen-bond donors (Lipinski definition) is 1. The van der Waals surface area contributed by atoms with Crippen molar-refractivity contribution in [2.24, 2.45) is 0 Å². The highest BCUT2D eigenvalue weighted by Crippen LogP contribution is 2.45. The summed E-state index contributed by atoms with van der Waals surface area (Å²) in [6.07, 6.45) is 1.20. The number of ether oxygens (including phenoxy) is 1. The van der Waals surface area contributed by atoms with E-state index in [0.717, 1.165) is 33.4 Å². The van der Waals surface area contributed by atoms with Crippen molar-refractivity contribution >= 4 is 42.7 Å². The number of halogens is 1. The van der Waals surface area contributed by atoms with Crippen LogP contribution in [0.25, 0.3) is 11.2 Å². The Morgan fingerprint density at radius 3 is 1.44 bits per heavy atom. The number of anilines is 1. The maximum atomic E-state index is 13.0. The average molecular weight is 883 g/mol. The minimum atomic E-state index is -3.60. The fourth-order valence-electron chi connectivity index (χ4n) is 8.30. The number of rotatable bonds is 13. The fourth-order valence-corrected chi connectivity index (χ4v) is 9.76. The molecule has 0 aliphatic carbocycles. The lowest BCUT2D eigenvalue weighted by Crippen LogP contribution is -2.39. The number of pyridine rings is 1. The van der Waals surface area contributed by atoms with Gasteiger partial charge in [0.25, 0.3) is 0 Å². The van der Waals surface area contributed by atoms with E-state index >= 15 is 0 Å². The third-order valence-electron chi connectivity index (χ3n) is 11.0. The number of sulfone groups is 1. The van der Waals surface area contributed by atoms with Gasteiger partial charge in [-0.15, -0.1) is 5.10 Å². The van der Waals surface area contributed by atoms with E-state index in [1.54, 1.807) is 18.2 Å². The average Bonchev–Trinajstić information content (AvgIpc) is 3.74. The van der Waals surface area contributed by atoms with E-state index in [1.165, 1.54) is 6.26 Å². The highest BCUT2D eigenvalue weighted by atomic mass is 79.9. The molecule has 8 nitrogen and oxygen atoms in total. The predicted octanol–water partition coefficient (Wildman–Crippen LogP) is 10.8. The molecule has 0 saturated carbocycles. The first-order valence-electron chi connectivity index (χ1n) is 19.8. The van der Waals surface area contributed by atoms with Gasteiger partial charge in [-0.1, -0.05) is 209 Å². The molecule has 2 heterocycles. The lowest BCUT2D eigenvalue weighted by atomic mass is 9.77. The van der Waals surface area contributed by atoms with Crippen molar-refractivity contribution in [1.29, 1.82) is 0 Å². The van der Waals surface area contributed by atoms with Crippen LogP contribution in [0.5, 0.6) is 5.75 Å². The van der Waals surface area contributed by atoms with Crippen molar-refractivity contribution in [2.45, 2.75) is 22.6 Å². The topological polar surface area (TPSA) is 99.0 Å².